The largest absolute Gasteiger partial charge is 0.454 e. The second kappa shape index (κ2) is 10.2. The highest BCUT2D eigenvalue weighted by atomic mass is 35.5. The van der Waals surface area contributed by atoms with E-state index in [0.717, 1.165) is 18.4 Å². The SMILES string of the molecule is N#C/C(=C\C1CC1)C(=O)N1CCCC(NC(=O)[C@@H]2Sc3nccc4c3C2NC(=O)N4c2c(Cl)ccc3c2OCO3)C1. The Labute approximate surface area is 244 Å². The van der Waals surface area contributed by atoms with Gasteiger partial charge in [0.15, 0.2) is 11.5 Å². The summed E-state index contributed by atoms with van der Waals surface area (Å²) in [5.41, 5.74) is 1.84. The number of nitrogens with zero attached hydrogens (tertiary/aromatic N) is 4. The van der Waals surface area contributed by atoms with Gasteiger partial charge in [0.1, 0.15) is 27.6 Å². The number of carbonyl (C=O) groups is 3. The van der Waals surface area contributed by atoms with Crippen molar-refractivity contribution in [3.63, 3.8) is 0 Å². The molecule has 1 aromatic carbocycles. The Morgan fingerprint density at radius 3 is 2.90 bits per heavy atom. The summed E-state index contributed by atoms with van der Waals surface area (Å²) in [7, 11) is 0. The number of halogens is 1. The fourth-order valence-corrected chi connectivity index (χ4v) is 7.25. The van der Waals surface area contributed by atoms with Gasteiger partial charge in [-0.15, -0.1) is 0 Å². The zero-order valence-electron chi connectivity index (χ0n) is 21.8. The number of hydrogen-bond donors (Lipinski definition) is 2. The third-order valence-corrected chi connectivity index (χ3v) is 9.48. The number of rotatable bonds is 5. The number of aromatic nitrogens is 1. The molecule has 41 heavy (non-hydrogen) atoms. The van der Waals surface area contributed by atoms with Gasteiger partial charge in [-0.1, -0.05) is 29.4 Å². The van der Waals surface area contributed by atoms with Crippen LogP contribution in [0.25, 0.3) is 0 Å². The maximum absolute atomic E-state index is 13.6. The highest BCUT2D eigenvalue weighted by molar-refractivity contribution is 8.01. The van der Waals surface area contributed by atoms with Crippen molar-refractivity contribution in [2.75, 3.05) is 24.8 Å². The van der Waals surface area contributed by atoms with Gasteiger partial charge in [0.25, 0.3) is 5.91 Å². The number of hydrogen-bond acceptors (Lipinski definition) is 8. The van der Waals surface area contributed by atoms with Crippen molar-refractivity contribution in [2.24, 2.45) is 5.92 Å². The van der Waals surface area contributed by atoms with Crippen LogP contribution in [0.3, 0.4) is 0 Å². The fourth-order valence-electron chi connectivity index (χ4n) is 5.78. The van der Waals surface area contributed by atoms with Crippen molar-refractivity contribution in [2.45, 2.75) is 48.0 Å². The number of carbonyl (C=O) groups excluding carboxylic acids is 3. The number of allylic oxidation sites excluding steroid dienone is 1. The first-order valence-electron chi connectivity index (χ1n) is 13.5. The van der Waals surface area contributed by atoms with Crippen molar-refractivity contribution < 1.29 is 23.9 Å². The molecular formula is C28H25ClN6O5S. The summed E-state index contributed by atoms with van der Waals surface area (Å²) in [5, 5.41) is 15.9. The molecule has 3 atom stereocenters. The molecule has 0 bridgehead atoms. The lowest BCUT2D eigenvalue weighted by Gasteiger charge is -2.36. The third-order valence-electron chi connectivity index (χ3n) is 7.88. The number of pyridine rings is 1. The summed E-state index contributed by atoms with van der Waals surface area (Å²) in [6.07, 6.45) is 6.81. The molecule has 0 spiro atoms. The van der Waals surface area contributed by atoms with Crippen LogP contribution >= 0.6 is 23.4 Å². The first-order valence-corrected chi connectivity index (χ1v) is 14.7. The number of likely N-dealkylation sites (tertiary alicyclic amines) is 1. The van der Waals surface area contributed by atoms with Gasteiger partial charge < -0.3 is 25.0 Å². The summed E-state index contributed by atoms with van der Waals surface area (Å²) < 4.78 is 11.1. The first-order chi connectivity index (χ1) is 19.9. The van der Waals surface area contributed by atoms with E-state index in [-0.39, 0.29) is 30.2 Å². The van der Waals surface area contributed by atoms with E-state index in [4.69, 9.17) is 21.1 Å². The molecule has 5 aliphatic rings. The van der Waals surface area contributed by atoms with E-state index in [1.54, 1.807) is 35.4 Å². The highest BCUT2D eigenvalue weighted by Crippen LogP contribution is 2.54. The number of benzene rings is 1. The normalized spacial score (nSPS) is 24.4. The molecule has 0 radical (unpaired) electrons. The van der Waals surface area contributed by atoms with Gasteiger partial charge in [-0.25, -0.2) is 9.78 Å². The number of nitriles is 1. The minimum absolute atomic E-state index is 0.0200. The molecule has 1 saturated carbocycles. The zero-order chi connectivity index (χ0) is 28.2. The van der Waals surface area contributed by atoms with Crippen LogP contribution in [-0.2, 0) is 9.59 Å². The predicted octanol–water partition coefficient (Wildman–Crippen LogP) is 3.81. The number of thioether (sulfide) groups is 1. The van der Waals surface area contributed by atoms with Crippen LogP contribution in [0.15, 0.2) is 41.1 Å². The Morgan fingerprint density at radius 2 is 2.10 bits per heavy atom. The van der Waals surface area contributed by atoms with E-state index < -0.39 is 17.3 Å². The summed E-state index contributed by atoms with van der Waals surface area (Å²) in [5.74, 6) is 0.646. The predicted molar refractivity (Wildman–Crippen MR) is 149 cm³/mol. The summed E-state index contributed by atoms with van der Waals surface area (Å²) >= 11 is 7.84. The molecule has 2 N–H and O–H groups in total. The van der Waals surface area contributed by atoms with Gasteiger partial charge >= 0.3 is 6.03 Å². The second-order valence-corrected chi connectivity index (χ2v) is 12.1. The smallest absolute Gasteiger partial charge is 0.327 e. The van der Waals surface area contributed by atoms with Gasteiger partial charge in [-0.2, -0.15) is 5.26 Å². The van der Waals surface area contributed by atoms with Crippen LogP contribution in [0.4, 0.5) is 16.2 Å². The van der Waals surface area contributed by atoms with Gasteiger partial charge in [0.05, 0.1) is 16.8 Å². The van der Waals surface area contributed by atoms with Gasteiger partial charge in [0, 0.05) is 30.9 Å². The number of nitrogens with one attached hydrogen (secondary N) is 2. The molecule has 7 rings (SSSR count). The molecule has 2 unspecified atom stereocenters. The van der Waals surface area contributed by atoms with Crippen molar-refractivity contribution >= 4 is 52.6 Å². The van der Waals surface area contributed by atoms with Crippen LogP contribution < -0.4 is 25.0 Å². The van der Waals surface area contributed by atoms with E-state index in [9.17, 15) is 19.6 Å². The molecule has 2 aromatic rings. The van der Waals surface area contributed by atoms with E-state index in [2.05, 4.69) is 15.6 Å². The lowest BCUT2D eigenvalue weighted by molar-refractivity contribution is -0.129. The lowest BCUT2D eigenvalue weighted by atomic mass is 9.99. The van der Waals surface area contributed by atoms with Crippen LogP contribution in [0.1, 0.15) is 37.3 Å². The average molecular weight is 593 g/mol. The molecular weight excluding hydrogens is 568 g/mol. The maximum Gasteiger partial charge on any atom is 0.327 e. The van der Waals surface area contributed by atoms with Crippen molar-refractivity contribution in [1.82, 2.24) is 20.5 Å². The molecule has 4 aliphatic heterocycles. The Bertz CT molecular complexity index is 1560. The van der Waals surface area contributed by atoms with Gasteiger partial charge in [0.2, 0.25) is 12.7 Å². The van der Waals surface area contributed by atoms with E-state index in [1.165, 1.54) is 16.7 Å². The standard InChI is InChI=1S/C28H25ClN6O5S/c29-17-5-6-19-23(40-13-39-19)22(17)35-18-7-8-31-26-20(18)21(33-28(35)38)24(41-26)25(36)32-16-2-1-9-34(12-16)27(37)15(11-30)10-14-3-4-14/h5-8,10,14,16,21,24H,1-4,9,12-13H2,(H,32,36)(H,33,38)/b15-10+/t16?,21?,24-/m1/s1. The number of anilines is 2. The Morgan fingerprint density at radius 1 is 1.24 bits per heavy atom. The van der Waals surface area contributed by atoms with Crippen LogP contribution in [0, 0.1) is 17.2 Å². The summed E-state index contributed by atoms with van der Waals surface area (Å²) in [4.78, 5) is 47.8. The van der Waals surface area contributed by atoms with E-state index in [0.29, 0.717) is 64.8 Å². The highest BCUT2D eigenvalue weighted by Gasteiger charge is 2.48. The number of piperidine rings is 1. The lowest BCUT2D eigenvalue weighted by Crippen LogP contribution is -2.54. The zero-order valence-corrected chi connectivity index (χ0v) is 23.3. The molecule has 2 fully saturated rings. The third kappa shape index (κ3) is 4.53. The van der Waals surface area contributed by atoms with E-state index >= 15 is 0 Å². The minimum atomic E-state index is -0.656. The van der Waals surface area contributed by atoms with Crippen LogP contribution in [0.2, 0.25) is 5.02 Å². The van der Waals surface area contributed by atoms with Crippen molar-refractivity contribution in [3.8, 4) is 17.6 Å². The van der Waals surface area contributed by atoms with E-state index in [1.807, 2.05) is 6.07 Å². The number of urea groups is 1. The van der Waals surface area contributed by atoms with Crippen LogP contribution in [-0.4, -0.2) is 58.9 Å². The molecule has 4 amide bonds. The van der Waals surface area contributed by atoms with Crippen molar-refractivity contribution in [3.05, 3.63) is 46.6 Å². The Hall–Kier alpha value is -3.95. The van der Waals surface area contributed by atoms with Crippen LogP contribution in [0.5, 0.6) is 11.5 Å². The molecule has 210 valence electrons. The summed E-state index contributed by atoms with van der Waals surface area (Å²) in [6.45, 7) is 0.888. The molecule has 1 aliphatic carbocycles. The number of amides is 4. The monoisotopic (exact) mass is 592 g/mol. The second-order valence-electron chi connectivity index (χ2n) is 10.6. The quantitative estimate of drug-likeness (QED) is 0.395. The Kier molecular flexibility index (Phi) is 6.43. The summed E-state index contributed by atoms with van der Waals surface area (Å²) in [6, 6.07) is 5.79. The molecule has 1 aromatic heterocycles. The topological polar surface area (TPSA) is 137 Å². The Balaban J connectivity index is 1.11. The van der Waals surface area contributed by atoms with Crippen molar-refractivity contribution in [1.29, 1.82) is 5.26 Å². The fraction of sp³-hybridized carbons (Fsp3) is 0.393. The average Bonchev–Trinajstić information content (AvgIpc) is 3.53. The molecule has 5 heterocycles. The number of ether oxygens (including phenoxy) is 2. The maximum atomic E-state index is 13.6. The molecule has 1 saturated heterocycles. The first kappa shape index (κ1) is 26.0. The number of fused-ring (bicyclic) bond motifs is 1. The minimum Gasteiger partial charge on any atom is -0.454 e. The van der Waals surface area contributed by atoms with Gasteiger partial charge in [-0.3, -0.25) is 14.5 Å². The van der Waals surface area contributed by atoms with Gasteiger partial charge in [-0.05, 0) is 49.8 Å². The molecule has 11 nitrogen and oxygen atoms in total. The molecule has 13 heteroatoms.